The lowest BCUT2D eigenvalue weighted by molar-refractivity contribution is -0.114. The lowest BCUT2D eigenvalue weighted by Gasteiger charge is -2.26. The Labute approximate surface area is 154 Å². The third-order valence-corrected chi connectivity index (χ3v) is 4.53. The van der Waals surface area contributed by atoms with Gasteiger partial charge in [-0.05, 0) is 67.9 Å². The predicted molar refractivity (Wildman–Crippen MR) is 104 cm³/mol. The van der Waals surface area contributed by atoms with Crippen LogP contribution < -0.4 is 10.6 Å². The standard InChI is InChI=1S/C21H25N3O2/c1-16(25)22-19-9-11-20(12-10-19)23-21(26)18-7-5-17(6-8-18)15-24-13-3-2-4-14-24/h5-12H,2-4,13-15H2,1H3,(H,22,25)(H,23,26). The molecule has 0 bridgehead atoms. The van der Waals surface area contributed by atoms with Crippen molar-refractivity contribution in [1.29, 1.82) is 0 Å². The first-order chi connectivity index (χ1) is 12.6. The van der Waals surface area contributed by atoms with Gasteiger partial charge in [-0.1, -0.05) is 18.6 Å². The van der Waals surface area contributed by atoms with Crippen LogP contribution in [0.25, 0.3) is 0 Å². The summed E-state index contributed by atoms with van der Waals surface area (Å²) in [6, 6.07) is 14.9. The van der Waals surface area contributed by atoms with Gasteiger partial charge in [0.2, 0.25) is 5.91 Å². The highest BCUT2D eigenvalue weighted by Crippen LogP contribution is 2.16. The summed E-state index contributed by atoms with van der Waals surface area (Å²) >= 11 is 0. The molecule has 2 aromatic rings. The minimum atomic E-state index is -0.137. The Hall–Kier alpha value is -2.66. The number of nitrogens with one attached hydrogen (secondary N) is 2. The maximum Gasteiger partial charge on any atom is 0.255 e. The van der Waals surface area contributed by atoms with E-state index in [9.17, 15) is 9.59 Å². The number of likely N-dealkylation sites (tertiary alicyclic amines) is 1. The van der Waals surface area contributed by atoms with Gasteiger partial charge < -0.3 is 10.6 Å². The summed E-state index contributed by atoms with van der Waals surface area (Å²) in [6.45, 7) is 4.74. The second kappa shape index (κ2) is 8.63. The first kappa shape index (κ1) is 18.1. The highest BCUT2D eigenvalue weighted by Gasteiger charge is 2.11. The van der Waals surface area contributed by atoms with E-state index in [1.54, 1.807) is 24.3 Å². The van der Waals surface area contributed by atoms with Crippen molar-refractivity contribution in [1.82, 2.24) is 4.90 Å². The van der Waals surface area contributed by atoms with Gasteiger partial charge >= 0.3 is 0 Å². The average molecular weight is 351 g/mol. The Morgan fingerprint density at radius 2 is 1.42 bits per heavy atom. The lowest BCUT2D eigenvalue weighted by Crippen LogP contribution is -2.29. The summed E-state index contributed by atoms with van der Waals surface area (Å²) in [4.78, 5) is 25.9. The third kappa shape index (κ3) is 5.17. The number of anilines is 2. The molecule has 2 aromatic carbocycles. The summed E-state index contributed by atoms with van der Waals surface area (Å²) in [7, 11) is 0. The molecule has 2 N–H and O–H groups in total. The van der Waals surface area contributed by atoms with Crippen LogP contribution in [0.1, 0.15) is 42.1 Å². The second-order valence-corrected chi connectivity index (χ2v) is 6.75. The number of carbonyl (C=O) groups is 2. The average Bonchev–Trinajstić information content (AvgIpc) is 2.64. The van der Waals surface area contributed by atoms with Crippen molar-refractivity contribution in [3.63, 3.8) is 0 Å². The molecule has 0 radical (unpaired) electrons. The van der Waals surface area contributed by atoms with Crippen LogP contribution in [0.15, 0.2) is 48.5 Å². The van der Waals surface area contributed by atoms with Gasteiger partial charge in [-0.25, -0.2) is 0 Å². The summed E-state index contributed by atoms with van der Waals surface area (Å²) in [6.07, 6.45) is 3.89. The van der Waals surface area contributed by atoms with Gasteiger partial charge in [0.05, 0.1) is 0 Å². The van der Waals surface area contributed by atoms with Crippen molar-refractivity contribution in [2.24, 2.45) is 0 Å². The molecule has 26 heavy (non-hydrogen) atoms. The van der Waals surface area contributed by atoms with E-state index in [0.29, 0.717) is 16.9 Å². The minimum absolute atomic E-state index is 0.119. The smallest absolute Gasteiger partial charge is 0.255 e. The molecule has 0 aliphatic carbocycles. The lowest BCUT2D eigenvalue weighted by atomic mass is 10.1. The summed E-state index contributed by atoms with van der Waals surface area (Å²) < 4.78 is 0. The van der Waals surface area contributed by atoms with Crippen LogP contribution in [-0.4, -0.2) is 29.8 Å². The molecule has 136 valence electrons. The molecule has 0 atom stereocenters. The Morgan fingerprint density at radius 1 is 0.846 bits per heavy atom. The predicted octanol–water partition coefficient (Wildman–Crippen LogP) is 3.88. The van der Waals surface area contributed by atoms with Gasteiger partial charge in [-0.3, -0.25) is 14.5 Å². The number of piperidine rings is 1. The molecular weight excluding hydrogens is 326 g/mol. The Balaban J connectivity index is 1.56. The Kier molecular flexibility index (Phi) is 6.02. The molecule has 0 saturated carbocycles. The van der Waals surface area contributed by atoms with Crippen molar-refractivity contribution in [3.8, 4) is 0 Å². The third-order valence-electron chi connectivity index (χ3n) is 4.53. The van der Waals surface area contributed by atoms with Crippen LogP contribution in [0.3, 0.4) is 0 Å². The van der Waals surface area contributed by atoms with E-state index in [1.165, 1.54) is 31.7 Å². The van der Waals surface area contributed by atoms with Crippen molar-refractivity contribution >= 4 is 23.2 Å². The molecule has 5 nitrogen and oxygen atoms in total. The number of carbonyl (C=O) groups excluding carboxylic acids is 2. The van der Waals surface area contributed by atoms with E-state index in [-0.39, 0.29) is 11.8 Å². The van der Waals surface area contributed by atoms with Crippen molar-refractivity contribution in [3.05, 3.63) is 59.7 Å². The number of amides is 2. The highest BCUT2D eigenvalue weighted by molar-refractivity contribution is 6.04. The van der Waals surface area contributed by atoms with Gasteiger partial charge in [0.25, 0.3) is 5.91 Å². The fourth-order valence-corrected chi connectivity index (χ4v) is 3.18. The van der Waals surface area contributed by atoms with E-state index in [4.69, 9.17) is 0 Å². The SMILES string of the molecule is CC(=O)Nc1ccc(NC(=O)c2ccc(CN3CCCCC3)cc2)cc1. The van der Waals surface area contributed by atoms with E-state index in [1.807, 2.05) is 24.3 Å². The van der Waals surface area contributed by atoms with Gasteiger partial charge in [0.15, 0.2) is 0 Å². The molecule has 1 aliphatic heterocycles. The molecule has 1 heterocycles. The van der Waals surface area contributed by atoms with Crippen LogP contribution in [-0.2, 0) is 11.3 Å². The van der Waals surface area contributed by atoms with Gasteiger partial charge in [-0.2, -0.15) is 0 Å². The topological polar surface area (TPSA) is 61.4 Å². The van der Waals surface area contributed by atoms with Crippen molar-refractivity contribution in [2.45, 2.75) is 32.7 Å². The molecule has 0 unspecified atom stereocenters. The fraction of sp³-hybridized carbons (Fsp3) is 0.333. The van der Waals surface area contributed by atoms with Gasteiger partial charge in [0.1, 0.15) is 0 Å². The fourth-order valence-electron chi connectivity index (χ4n) is 3.18. The molecule has 1 fully saturated rings. The molecular formula is C21H25N3O2. The van der Waals surface area contributed by atoms with E-state index in [2.05, 4.69) is 15.5 Å². The van der Waals surface area contributed by atoms with E-state index in [0.717, 1.165) is 19.6 Å². The zero-order chi connectivity index (χ0) is 18.4. The van der Waals surface area contributed by atoms with Crippen LogP contribution >= 0.6 is 0 Å². The first-order valence-corrected chi connectivity index (χ1v) is 9.10. The molecule has 0 aromatic heterocycles. The first-order valence-electron chi connectivity index (χ1n) is 9.10. The number of nitrogens with zero attached hydrogens (tertiary/aromatic N) is 1. The van der Waals surface area contributed by atoms with Crippen LogP contribution in [0, 0.1) is 0 Å². The van der Waals surface area contributed by atoms with E-state index >= 15 is 0 Å². The molecule has 1 aliphatic rings. The van der Waals surface area contributed by atoms with Crippen LogP contribution in [0.2, 0.25) is 0 Å². The molecule has 3 rings (SSSR count). The number of benzene rings is 2. The zero-order valence-corrected chi connectivity index (χ0v) is 15.1. The maximum absolute atomic E-state index is 12.4. The minimum Gasteiger partial charge on any atom is -0.326 e. The molecule has 0 spiro atoms. The molecule has 5 heteroatoms. The highest BCUT2D eigenvalue weighted by atomic mass is 16.2. The monoisotopic (exact) mass is 351 g/mol. The normalized spacial score (nSPS) is 14.7. The van der Waals surface area contributed by atoms with Crippen molar-refractivity contribution < 1.29 is 9.59 Å². The van der Waals surface area contributed by atoms with E-state index < -0.39 is 0 Å². The van der Waals surface area contributed by atoms with Gasteiger partial charge in [0, 0.05) is 30.4 Å². The quantitative estimate of drug-likeness (QED) is 0.859. The number of rotatable bonds is 5. The molecule has 1 saturated heterocycles. The number of hydrogen-bond donors (Lipinski definition) is 2. The maximum atomic E-state index is 12.4. The second-order valence-electron chi connectivity index (χ2n) is 6.75. The largest absolute Gasteiger partial charge is 0.326 e. The zero-order valence-electron chi connectivity index (χ0n) is 15.1. The Bertz CT molecular complexity index is 748. The van der Waals surface area contributed by atoms with Crippen molar-refractivity contribution in [2.75, 3.05) is 23.7 Å². The summed E-state index contributed by atoms with van der Waals surface area (Å²) in [5, 5.41) is 5.58. The van der Waals surface area contributed by atoms with Gasteiger partial charge in [-0.15, -0.1) is 0 Å². The Morgan fingerprint density at radius 3 is 2.00 bits per heavy atom. The van der Waals surface area contributed by atoms with Crippen LogP contribution in [0.5, 0.6) is 0 Å². The molecule has 2 amide bonds. The number of hydrogen-bond acceptors (Lipinski definition) is 3. The summed E-state index contributed by atoms with van der Waals surface area (Å²) in [5.41, 5.74) is 3.28. The summed E-state index contributed by atoms with van der Waals surface area (Å²) in [5.74, 6) is -0.256. The van der Waals surface area contributed by atoms with Crippen LogP contribution in [0.4, 0.5) is 11.4 Å².